The number of benzene rings is 1. The van der Waals surface area contributed by atoms with Gasteiger partial charge < -0.3 is 10.1 Å². The fourth-order valence-corrected chi connectivity index (χ4v) is 1.48. The Hall–Kier alpha value is -1.03. The number of rotatable bonds is 5. The van der Waals surface area contributed by atoms with E-state index in [1.165, 1.54) is 0 Å². The second-order valence-electron chi connectivity index (χ2n) is 3.06. The van der Waals surface area contributed by atoms with E-state index in [1.54, 1.807) is 7.11 Å². The van der Waals surface area contributed by atoms with Gasteiger partial charge in [0.2, 0.25) is 5.91 Å². The third kappa shape index (κ3) is 4.34. The molecular formula is C11H14BrNO2. The fourth-order valence-electron chi connectivity index (χ4n) is 1.12. The highest BCUT2D eigenvalue weighted by Crippen LogP contribution is 2.10. The second-order valence-corrected chi connectivity index (χ2v) is 3.86. The van der Waals surface area contributed by atoms with E-state index in [1.807, 2.05) is 24.3 Å². The number of alkyl halides is 1. The SMILES string of the molecule is COc1ccc(CNC(=O)CCBr)cc1. The first kappa shape index (κ1) is 12.0. The van der Waals surface area contributed by atoms with Crippen LogP contribution in [0.25, 0.3) is 0 Å². The van der Waals surface area contributed by atoms with E-state index in [0.717, 1.165) is 11.3 Å². The Bertz CT molecular complexity index is 311. The smallest absolute Gasteiger partial charge is 0.221 e. The maximum atomic E-state index is 11.2. The minimum Gasteiger partial charge on any atom is -0.497 e. The molecule has 82 valence electrons. The Morgan fingerprint density at radius 2 is 2.07 bits per heavy atom. The van der Waals surface area contributed by atoms with Crippen LogP contribution in [-0.2, 0) is 11.3 Å². The largest absolute Gasteiger partial charge is 0.497 e. The van der Waals surface area contributed by atoms with Crippen LogP contribution >= 0.6 is 15.9 Å². The molecule has 1 aromatic carbocycles. The zero-order valence-electron chi connectivity index (χ0n) is 8.63. The Kier molecular flexibility index (Phi) is 5.18. The topological polar surface area (TPSA) is 38.3 Å². The predicted molar refractivity (Wildman–Crippen MR) is 63.3 cm³/mol. The molecule has 0 aliphatic carbocycles. The molecule has 15 heavy (non-hydrogen) atoms. The molecular weight excluding hydrogens is 258 g/mol. The lowest BCUT2D eigenvalue weighted by atomic mass is 10.2. The molecule has 4 heteroatoms. The molecule has 0 radical (unpaired) electrons. The zero-order chi connectivity index (χ0) is 11.1. The van der Waals surface area contributed by atoms with Crippen molar-refractivity contribution >= 4 is 21.8 Å². The number of ether oxygens (including phenoxy) is 1. The van der Waals surface area contributed by atoms with Crippen molar-refractivity contribution in [2.45, 2.75) is 13.0 Å². The van der Waals surface area contributed by atoms with Gasteiger partial charge in [0.25, 0.3) is 0 Å². The molecule has 3 nitrogen and oxygen atoms in total. The summed E-state index contributed by atoms with van der Waals surface area (Å²) in [7, 11) is 1.63. The standard InChI is InChI=1S/C11H14BrNO2/c1-15-10-4-2-9(3-5-10)8-13-11(14)6-7-12/h2-5H,6-8H2,1H3,(H,13,14). The third-order valence-electron chi connectivity index (χ3n) is 1.97. The van der Waals surface area contributed by atoms with E-state index >= 15 is 0 Å². The van der Waals surface area contributed by atoms with Crippen molar-refractivity contribution in [2.75, 3.05) is 12.4 Å². The summed E-state index contributed by atoms with van der Waals surface area (Å²) in [5.41, 5.74) is 1.07. The van der Waals surface area contributed by atoms with Crippen LogP contribution in [0.5, 0.6) is 5.75 Å². The van der Waals surface area contributed by atoms with Crippen LogP contribution in [0.3, 0.4) is 0 Å². The molecule has 0 aromatic heterocycles. The van der Waals surface area contributed by atoms with Gasteiger partial charge in [-0.25, -0.2) is 0 Å². The van der Waals surface area contributed by atoms with Crippen LogP contribution in [0.2, 0.25) is 0 Å². The summed E-state index contributed by atoms with van der Waals surface area (Å²) in [5.74, 6) is 0.883. The maximum absolute atomic E-state index is 11.2. The number of hydrogen-bond donors (Lipinski definition) is 1. The second kappa shape index (κ2) is 6.45. The molecule has 0 saturated heterocycles. The van der Waals surface area contributed by atoms with Crippen LogP contribution in [0.4, 0.5) is 0 Å². The third-order valence-corrected chi connectivity index (χ3v) is 2.37. The van der Waals surface area contributed by atoms with E-state index in [9.17, 15) is 4.79 Å². The van der Waals surface area contributed by atoms with Crippen LogP contribution in [0.15, 0.2) is 24.3 Å². The molecule has 0 bridgehead atoms. The van der Waals surface area contributed by atoms with Gasteiger partial charge in [-0.1, -0.05) is 28.1 Å². The zero-order valence-corrected chi connectivity index (χ0v) is 10.2. The van der Waals surface area contributed by atoms with Gasteiger partial charge in [-0.3, -0.25) is 4.79 Å². The van der Waals surface area contributed by atoms with Crippen molar-refractivity contribution in [1.29, 1.82) is 0 Å². The Balaban J connectivity index is 2.40. The molecule has 0 aliphatic heterocycles. The molecule has 0 atom stereocenters. The minimum absolute atomic E-state index is 0.0580. The highest BCUT2D eigenvalue weighted by atomic mass is 79.9. The Morgan fingerprint density at radius 1 is 1.40 bits per heavy atom. The molecule has 1 aromatic rings. The number of halogens is 1. The molecule has 0 fully saturated rings. The number of methoxy groups -OCH3 is 1. The van der Waals surface area contributed by atoms with E-state index < -0.39 is 0 Å². The van der Waals surface area contributed by atoms with Crippen LogP contribution in [-0.4, -0.2) is 18.3 Å². The first-order chi connectivity index (χ1) is 7.26. The van der Waals surface area contributed by atoms with Gasteiger partial charge in [0.05, 0.1) is 7.11 Å². The Morgan fingerprint density at radius 3 is 2.60 bits per heavy atom. The molecule has 1 N–H and O–H groups in total. The number of nitrogens with one attached hydrogen (secondary N) is 1. The van der Waals surface area contributed by atoms with Crippen LogP contribution in [0.1, 0.15) is 12.0 Å². The number of hydrogen-bond acceptors (Lipinski definition) is 2. The summed E-state index contributed by atoms with van der Waals surface area (Å²) in [6.45, 7) is 0.565. The number of carbonyl (C=O) groups is 1. The molecule has 0 unspecified atom stereocenters. The average Bonchev–Trinajstić information content (AvgIpc) is 2.27. The molecule has 0 aliphatic rings. The summed E-state index contributed by atoms with van der Waals surface area (Å²) < 4.78 is 5.04. The lowest BCUT2D eigenvalue weighted by Crippen LogP contribution is -2.22. The summed E-state index contributed by atoms with van der Waals surface area (Å²) in [5, 5.41) is 3.52. The van der Waals surface area contributed by atoms with Crippen LogP contribution in [0, 0.1) is 0 Å². The molecule has 1 amide bonds. The Labute approximate surface area is 97.9 Å². The van der Waals surface area contributed by atoms with Gasteiger partial charge in [0.15, 0.2) is 0 Å². The molecule has 1 rings (SSSR count). The minimum atomic E-state index is 0.0580. The highest BCUT2D eigenvalue weighted by molar-refractivity contribution is 9.09. The highest BCUT2D eigenvalue weighted by Gasteiger charge is 1.99. The summed E-state index contributed by atoms with van der Waals surface area (Å²) in [6.07, 6.45) is 0.510. The lowest BCUT2D eigenvalue weighted by molar-refractivity contribution is -0.120. The van der Waals surface area contributed by atoms with E-state index in [0.29, 0.717) is 18.3 Å². The quantitative estimate of drug-likeness (QED) is 0.833. The van der Waals surface area contributed by atoms with Crippen molar-refractivity contribution < 1.29 is 9.53 Å². The van der Waals surface area contributed by atoms with Crippen molar-refractivity contribution in [2.24, 2.45) is 0 Å². The average molecular weight is 272 g/mol. The van der Waals surface area contributed by atoms with Crippen LogP contribution < -0.4 is 10.1 Å². The maximum Gasteiger partial charge on any atom is 0.221 e. The predicted octanol–water partition coefficient (Wildman–Crippen LogP) is 2.10. The monoisotopic (exact) mass is 271 g/mol. The van der Waals surface area contributed by atoms with E-state index in [2.05, 4.69) is 21.2 Å². The summed E-state index contributed by atoms with van der Waals surface area (Å²) >= 11 is 3.22. The van der Waals surface area contributed by atoms with Crippen molar-refractivity contribution in [3.63, 3.8) is 0 Å². The van der Waals surface area contributed by atoms with Crippen molar-refractivity contribution in [1.82, 2.24) is 5.32 Å². The first-order valence-electron chi connectivity index (χ1n) is 4.72. The van der Waals surface area contributed by atoms with E-state index in [4.69, 9.17) is 4.74 Å². The van der Waals surface area contributed by atoms with Gasteiger partial charge in [0, 0.05) is 18.3 Å². The normalized spacial score (nSPS) is 9.73. The molecule has 0 spiro atoms. The summed E-state index contributed by atoms with van der Waals surface area (Å²) in [6, 6.07) is 7.64. The van der Waals surface area contributed by atoms with Gasteiger partial charge in [-0.05, 0) is 17.7 Å². The van der Waals surface area contributed by atoms with Gasteiger partial charge in [0.1, 0.15) is 5.75 Å². The number of amides is 1. The molecule has 0 saturated carbocycles. The summed E-state index contributed by atoms with van der Waals surface area (Å²) in [4.78, 5) is 11.2. The van der Waals surface area contributed by atoms with Gasteiger partial charge >= 0.3 is 0 Å². The van der Waals surface area contributed by atoms with Gasteiger partial charge in [-0.15, -0.1) is 0 Å². The van der Waals surface area contributed by atoms with Crippen molar-refractivity contribution in [3.05, 3.63) is 29.8 Å². The van der Waals surface area contributed by atoms with Gasteiger partial charge in [-0.2, -0.15) is 0 Å². The lowest BCUT2D eigenvalue weighted by Gasteiger charge is -2.05. The molecule has 0 heterocycles. The van der Waals surface area contributed by atoms with E-state index in [-0.39, 0.29) is 5.91 Å². The number of carbonyl (C=O) groups excluding carboxylic acids is 1. The fraction of sp³-hybridized carbons (Fsp3) is 0.364. The first-order valence-corrected chi connectivity index (χ1v) is 5.84. The van der Waals surface area contributed by atoms with Crippen molar-refractivity contribution in [3.8, 4) is 5.75 Å².